The number of thioether (sulfide) groups is 1. The molecule has 0 spiro atoms. The van der Waals surface area contributed by atoms with Gasteiger partial charge in [0.25, 0.3) is 5.91 Å². The summed E-state index contributed by atoms with van der Waals surface area (Å²) in [6, 6.07) is 22.4. The number of carboxylic acid groups (broad SMARTS) is 1. The number of aryl methyl sites for hydroxylation is 1. The average Bonchev–Trinajstić information content (AvgIpc) is 3.32. The molecule has 0 aliphatic rings. The number of hydrazone groups is 1. The number of hydrogen-bond donors (Lipinski definition) is 1. The second-order valence-electron chi connectivity index (χ2n) is 9.80. The lowest BCUT2D eigenvalue weighted by Crippen LogP contribution is -2.22. The Morgan fingerprint density at radius 2 is 1.63 bits per heavy atom. The Balaban J connectivity index is 1.50. The van der Waals surface area contributed by atoms with E-state index in [-0.39, 0.29) is 22.6 Å². The van der Waals surface area contributed by atoms with Crippen molar-refractivity contribution in [3.05, 3.63) is 95.1 Å². The van der Waals surface area contributed by atoms with Crippen LogP contribution in [0.3, 0.4) is 0 Å². The molecule has 0 radical (unpaired) electrons. The molecule has 0 saturated carbocycles. The van der Waals surface area contributed by atoms with Gasteiger partial charge in [0.15, 0.2) is 11.0 Å². The zero-order valence-electron chi connectivity index (χ0n) is 21.6. The summed E-state index contributed by atoms with van der Waals surface area (Å²) in [5.41, 5.74) is 7.44. The molecule has 0 bridgehead atoms. The van der Waals surface area contributed by atoms with Crippen molar-refractivity contribution in [2.24, 2.45) is 5.10 Å². The van der Waals surface area contributed by atoms with E-state index < -0.39 is 5.97 Å². The number of benzene rings is 3. The van der Waals surface area contributed by atoms with Gasteiger partial charge in [-0.2, -0.15) is 5.10 Å². The lowest BCUT2D eigenvalue weighted by molar-refractivity contribution is -0.255. The molecule has 0 saturated heterocycles. The van der Waals surface area contributed by atoms with Gasteiger partial charge in [-0.3, -0.25) is 9.36 Å². The van der Waals surface area contributed by atoms with Crippen LogP contribution in [-0.4, -0.2) is 38.6 Å². The molecule has 38 heavy (non-hydrogen) atoms. The van der Waals surface area contributed by atoms with Gasteiger partial charge >= 0.3 is 0 Å². The molecule has 0 aliphatic carbocycles. The molecule has 8 nitrogen and oxygen atoms in total. The van der Waals surface area contributed by atoms with Crippen molar-refractivity contribution in [1.82, 2.24) is 20.2 Å². The number of nitrogens with zero attached hydrogens (tertiary/aromatic N) is 4. The third kappa shape index (κ3) is 6.54. The first-order valence-corrected chi connectivity index (χ1v) is 13.0. The fourth-order valence-corrected chi connectivity index (χ4v) is 4.39. The van der Waals surface area contributed by atoms with Gasteiger partial charge in [-0.1, -0.05) is 98.8 Å². The van der Waals surface area contributed by atoms with Crippen LogP contribution in [0.4, 0.5) is 0 Å². The van der Waals surface area contributed by atoms with Crippen LogP contribution in [0.5, 0.6) is 0 Å². The van der Waals surface area contributed by atoms with Crippen molar-refractivity contribution in [2.75, 3.05) is 5.75 Å². The number of nitrogens with one attached hydrogen (secondary N) is 1. The zero-order valence-corrected chi connectivity index (χ0v) is 22.5. The summed E-state index contributed by atoms with van der Waals surface area (Å²) in [4.78, 5) is 23.3. The summed E-state index contributed by atoms with van der Waals surface area (Å²) in [5, 5.41) is 24.2. The molecular weight excluding hydrogens is 498 g/mol. The Kier molecular flexibility index (Phi) is 8.07. The minimum atomic E-state index is -1.25. The minimum Gasteiger partial charge on any atom is -0.545 e. The molecule has 4 aromatic rings. The molecule has 3 aromatic carbocycles. The third-order valence-electron chi connectivity index (χ3n) is 5.82. The van der Waals surface area contributed by atoms with E-state index in [0.29, 0.717) is 16.5 Å². The van der Waals surface area contributed by atoms with E-state index >= 15 is 0 Å². The van der Waals surface area contributed by atoms with E-state index in [1.165, 1.54) is 35.7 Å². The second-order valence-corrected chi connectivity index (χ2v) is 10.7. The highest BCUT2D eigenvalue weighted by Gasteiger charge is 2.19. The highest BCUT2D eigenvalue weighted by Crippen LogP contribution is 2.30. The summed E-state index contributed by atoms with van der Waals surface area (Å²) >= 11 is 1.26. The number of carbonyl (C=O) groups is 2. The maximum absolute atomic E-state index is 12.5. The molecule has 1 N–H and O–H groups in total. The van der Waals surface area contributed by atoms with E-state index in [0.717, 1.165) is 16.8 Å². The van der Waals surface area contributed by atoms with Crippen LogP contribution in [0.1, 0.15) is 47.8 Å². The lowest BCUT2D eigenvalue weighted by Gasteiger charge is -2.19. The SMILES string of the molecule is Cc1ccc(-n2c(SCC(=O)N/N=C\c3ccc(C(=O)[O-])cc3)nnc2-c2ccc(C(C)(C)C)cc2)cc1. The minimum absolute atomic E-state index is 0.0411. The van der Waals surface area contributed by atoms with Gasteiger partial charge in [-0.05, 0) is 41.2 Å². The van der Waals surface area contributed by atoms with Crippen molar-refractivity contribution in [3.8, 4) is 17.1 Å². The molecule has 4 rings (SSSR count). The van der Waals surface area contributed by atoms with Crippen molar-refractivity contribution in [1.29, 1.82) is 0 Å². The summed E-state index contributed by atoms with van der Waals surface area (Å²) in [6.45, 7) is 8.55. The molecule has 1 amide bonds. The van der Waals surface area contributed by atoms with Crippen molar-refractivity contribution >= 4 is 29.9 Å². The number of amides is 1. The van der Waals surface area contributed by atoms with Gasteiger partial charge < -0.3 is 9.90 Å². The Morgan fingerprint density at radius 3 is 2.24 bits per heavy atom. The van der Waals surface area contributed by atoms with E-state index in [2.05, 4.69) is 53.6 Å². The number of rotatable bonds is 8. The predicted molar refractivity (Wildman–Crippen MR) is 147 cm³/mol. The van der Waals surface area contributed by atoms with Crippen LogP contribution in [0.2, 0.25) is 0 Å². The summed E-state index contributed by atoms with van der Waals surface area (Å²) < 4.78 is 1.95. The predicted octanol–water partition coefficient (Wildman–Crippen LogP) is 4.15. The fourth-order valence-electron chi connectivity index (χ4n) is 3.64. The van der Waals surface area contributed by atoms with Gasteiger partial charge in [0, 0.05) is 11.3 Å². The topological polar surface area (TPSA) is 112 Å². The number of aromatic nitrogens is 3. The number of carbonyl (C=O) groups excluding carboxylic acids is 2. The number of hydrogen-bond acceptors (Lipinski definition) is 7. The Morgan fingerprint density at radius 1 is 0.974 bits per heavy atom. The highest BCUT2D eigenvalue weighted by atomic mass is 32.2. The molecule has 0 atom stereocenters. The molecule has 0 aliphatic heterocycles. The zero-order chi connectivity index (χ0) is 27.3. The molecule has 9 heteroatoms. The molecular formula is C29H28N5O3S-. The third-order valence-corrected chi connectivity index (χ3v) is 6.75. The largest absolute Gasteiger partial charge is 0.545 e. The second kappa shape index (κ2) is 11.4. The van der Waals surface area contributed by atoms with Crippen LogP contribution in [0, 0.1) is 6.92 Å². The molecule has 0 fully saturated rings. The van der Waals surface area contributed by atoms with Crippen LogP contribution in [-0.2, 0) is 10.2 Å². The molecule has 0 unspecified atom stereocenters. The molecule has 1 aromatic heterocycles. The maximum Gasteiger partial charge on any atom is 0.250 e. The fraction of sp³-hybridized carbons (Fsp3) is 0.207. The van der Waals surface area contributed by atoms with Crippen molar-refractivity contribution in [3.63, 3.8) is 0 Å². The Labute approximate surface area is 225 Å². The van der Waals surface area contributed by atoms with E-state index in [9.17, 15) is 14.7 Å². The van der Waals surface area contributed by atoms with E-state index in [1.807, 2.05) is 47.9 Å². The quantitative estimate of drug-likeness (QED) is 0.210. The van der Waals surface area contributed by atoms with Crippen LogP contribution in [0.25, 0.3) is 17.1 Å². The summed E-state index contributed by atoms with van der Waals surface area (Å²) in [6.07, 6.45) is 1.44. The van der Waals surface area contributed by atoms with E-state index in [4.69, 9.17) is 0 Å². The average molecular weight is 527 g/mol. The monoisotopic (exact) mass is 526 g/mol. The lowest BCUT2D eigenvalue weighted by atomic mass is 9.87. The van der Waals surface area contributed by atoms with Gasteiger partial charge in [0.2, 0.25) is 0 Å². The first-order valence-electron chi connectivity index (χ1n) is 12.0. The first kappa shape index (κ1) is 26.8. The molecule has 1 heterocycles. The van der Waals surface area contributed by atoms with Crippen LogP contribution >= 0.6 is 11.8 Å². The smallest absolute Gasteiger partial charge is 0.250 e. The van der Waals surface area contributed by atoms with Crippen LogP contribution in [0.15, 0.2) is 83.1 Å². The highest BCUT2D eigenvalue weighted by molar-refractivity contribution is 7.99. The first-order chi connectivity index (χ1) is 18.1. The number of carboxylic acids is 1. The Bertz CT molecular complexity index is 1450. The van der Waals surface area contributed by atoms with Crippen molar-refractivity contribution in [2.45, 2.75) is 38.3 Å². The molecule has 194 valence electrons. The van der Waals surface area contributed by atoms with Gasteiger partial charge in [-0.25, -0.2) is 5.43 Å². The van der Waals surface area contributed by atoms with Crippen LogP contribution < -0.4 is 10.5 Å². The number of aromatic carboxylic acids is 1. The van der Waals surface area contributed by atoms with Gasteiger partial charge in [0.05, 0.1) is 17.9 Å². The van der Waals surface area contributed by atoms with Gasteiger partial charge in [-0.15, -0.1) is 10.2 Å². The van der Waals surface area contributed by atoms with Crippen molar-refractivity contribution < 1.29 is 14.7 Å². The standard InChI is InChI=1S/C29H29N5O3S/c1-19-5-15-24(16-6-19)34-26(21-11-13-23(14-12-21)29(2,3)4)32-33-28(34)38-18-25(35)31-30-17-20-7-9-22(10-8-20)27(36)37/h5-17H,18H2,1-4H3,(H,31,35)(H,36,37)/p-1/b30-17-. The maximum atomic E-state index is 12.5. The Hall–Kier alpha value is -4.24. The normalized spacial score (nSPS) is 11.6. The van der Waals surface area contributed by atoms with Gasteiger partial charge in [0.1, 0.15) is 0 Å². The summed E-state index contributed by atoms with van der Waals surface area (Å²) in [5.74, 6) is -0.793. The van der Waals surface area contributed by atoms with E-state index in [1.54, 1.807) is 12.1 Å². The summed E-state index contributed by atoms with van der Waals surface area (Å²) in [7, 11) is 0.